The van der Waals surface area contributed by atoms with Gasteiger partial charge >= 0.3 is 0 Å². The number of carbonyl (C=O) groups is 2. The molecule has 0 N–H and O–H groups in total. The van der Waals surface area contributed by atoms with Gasteiger partial charge in [-0.05, 0) is 24.3 Å². The number of Topliss-reactive ketones (excluding diaryl/α,β-unsaturated/α-hetero) is 1. The molecule has 7 nitrogen and oxygen atoms in total. The summed E-state index contributed by atoms with van der Waals surface area (Å²) < 4.78 is 5.24. The number of hydrogen-bond donors (Lipinski definition) is 0. The van der Waals surface area contributed by atoms with E-state index in [1.54, 1.807) is 18.2 Å². The molecule has 0 aliphatic carbocycles. The van der Waals surface area contributed by atoms with Crippen molar-refractivity contribution in [2.45, 2.75) is 12.8 Å². The van der Waals surface area contributed by atoms with Crippen molar-refractivity contribution in [2.24, 2.45) is 0 Å². The number of amides is 1. The van der Waals surface area contributed by atoms with Gasteiger partial charge in [0, 0.05) is 44.6 Å². The van der Waals surface area contributed by atoms with E-state index in [1.807, 2.05) is 53.4 Å². The summed E-state index contributed by atoms with van der Waals surface area (Å²) in [5.74, 6) is 1.27. The van der Waals surface area contributed by atoms with Crippen molar-refractivity contribution >= 4 is 17.5 Å². The Morgan fingerprint density at radius 2 is 1.56 bits per heavy atom. The highest BCUT2D eigenvalue weighted by Crippen LogP contribution is 2.21. The van der Waals surface area contributed by atoms with Crippen LogP contribution < -0.4 is 9.64 Å². The van der Waals surface area contributed by atoms with Gasteiger partial charge in [0.25, 0.3) is 0 Å². The van der Waals surface area contributed by atoms with E-state index in [4.69, 9.17) is 4.74 Å². The van der Waals surface area contributed by atoms with Crippen molar-refractivity contribution < 1.29 is 14.3 Å². The van der Waals surface area contributed by atoms with Gasteiger partial charge in [-0.2, -0.15) is 0 Å². The maximum absolute atomic E-state index is 12.6. The van der Waals surface area contributed by atoms with Gasteiger partial charge in [0.15, 0.2) is 11.6 Å². The molecule has 1 aliphatic rings. The van der Waals surface area contributed by atoms with Gasteiger partial charge in [0.1, 0.15) is 5.75 Å². The minimum atomic E-state index is -0.0804. The Morgan fingerprint density at radius 3 is 2.25 bits per heavy atom. The second-order valence-corrected chi connectivity index (χ2v) is 7.63. The highest BCUT2D eigenvalue weighted by Gasteiger charge is 2.23. The Balaban J connectivity index is 1.28. The molecule has 1 saturated heterocycles. The van der Waals surface area contributed by atoms with E-state index in [2.05, 4.69) is 15.1 Å². The van der Waals surface area contributed by atoms with Crippen LogP contribution in [0.15, 0.2) is 66.7 Å². The predicted octanol–water partition coefficient (Wildman–Crippen LogP) is 3.46. The molecule has 164 valence electrons. The Morgan fingerprint density at radius 1 is 0.844 bits per heavy atom. The SMILES string of the molecule is COc1ccccc1C(=O)CCC(=O)N1CCN(c2ccc(-c3ccccc3)nn2)CC1. The largest absolute Gasteiger partial charge is 0.496 e. The van der Waals surface area contributed by atoms with E-state index in [0.29, 0.717) is 37.5 Å². The summed E-state index contributed by atoms with van der Waals surface area (Å²) in [5.41, 5.74) is 2.39. The molecule has 0 unspecified atom stereocenters. The first-order valence-corrected chi connectivity index (χ1v) is 10.7. The molecular formula is C25H26N4O3. The number of ketones is 1. The zero-order valence-corrected chi connectivity index (χ0v) is 18.1. The summed E-state index contributed by atoms with van der Waals surface area (Å²) in [5, 5.41) is 8.72. The van der Waals surface area contributed by atoms with Crippen molar-refractivity contribution in [3.63, 3.8) is 0 Å². The molecule has 0 atom stereocenters. The first-order valence-electron chi connectivity index (χ1n) is 10.7. The summed E-state index contributed by atoms with van der Waals surface area (Å²) >= 11 is 0. The number of para-hydroxylation sites is 1. The first-order chi connectivity index (χ1) is 15.7. The van der Waals surface area contributed by atoms with E-state index in [0.717, 1.165) is 17.1 Å². The molecule has 0 bridgehead atoms. The number of aromatic nitrogens is 2. The van der Waals surface area contributed by atoms with Gasteiger partial charge in [0.2, 0.25) is 5.91 Å². The normalized spacial score (nSPS) is 13.7. The minimum absolute atomic E-state index is 0.00147. The molecule has 7 heteroatoms. The molecule has 1 amide bonds. The lowest BCUT2D eigenvalue weighted by Crippen LogP contribution is -2.49. The van der Waals surface area contributed by atoms with Crippen LogP contribution in [-0.2, 0) is 4.79 Å². The number of nitrogens with zero attached hydrogens (tertiary/aromatic N) is 4. The van der Waals surface area contributed by atoms with E-state index in [1.165, 1.54) is 7.11 Å². The average Bonchev–Trinajstić information content (AvgIpc) is 2.87. The predicted molar refractivity (Wildman–Crippen MR) is 123 cm³/mol. The fourth-order valence-corrected chi connectivity index (χ4v) is 3.83. The number of piperazine rings is 1. The smallest absolute Gasteiger partial charge is 0.223 e. The summed E-state index contributed by atoms with van der Waals surface area (Å²) in [6, 6.07) is 21.0. The van der Waals surface area contributed by atoms with E-state index < -0.39 is 0 Å². The maximum atomic E-state index is 12.6. The number of rotatable bonds is 7. The molecule has 0 radical (unpaired) electrons. The molecule has 0 spiro atoms. The van der Waals surface area contributed by atoms with Crippen LogP contribution in [0.2, 0.25) is 0 Å². The summed E-state index contributed by atoms with van der Waals surface area (Å²) in [6.07, 6.45) is 0.369. The molecular weight excluding hydrogens is 404 g/mol. The van der Waals surface area contributed by atoms with Gasteiger partial charge in [0.05, 0.1) is 18.4 Å². The van der Waals surface area contributed by atoms with Crippen molar-refractivity contribution in [1.82, 2.24) is 15.1 Å². The number of methoxy groups -OCH3 is 1. The first kappa shape index (κ1) is 21.5. The molecule has 1 aromatic heterocycles. The lowest BCUT2D eigenvalue weighted by atomic mass is 10.0. The third-order valence-electron chi connectivity index (χ3n) is 5.65. The lowest BCUT2D eigenvalue weighted by Gasteiger charge is -2.35. The van der Waals surface area contributed by atoms with Gasteiger partial charge in [-0.15, -0.1) is 10.2 Å². The molecule has 1 aliphatic heterocycles. The molecule has 0 saturated carbocycles. The summed E-state index contributed by atoms with van der Waals surface area (Å²) in [7, 11) is 1.54. The molecule has 1 fully saturated rings. The average molecular weight is 431 g/mol. The monoisotopic (exact) mass is 430 g/mol. The van der Waals surface area contributed by atoms with Crippen molar-refractivity contribution in [3.05, 3.63) is 72.3 Å². The lowest BCUT2D eigenvalue weighted by molar-refractivity contribution is -0.131. The van der Waals surface area contributed by atoms with Crippen LogP contribution in [-0.4, -0.2) is 60.1 Å². The molecule has 2 aromatic carbocycles. The van der Waals surface area contributed by atoms with E-state index >= 15 is 0 Å². The van der Waals surface area contributed by atoms with Crippen LogP contribution >= 0.6 is 0 Å². The fraction of sp³-hybridized carbons (Fsp3) is 0.280. The van der Waals surface area contributed by atoms with Crippen LogP contribution in [0.3, 0.4) is 0 Å². The molecule has 4 rings (SSSR count). The van der Waals surface area contributed by atoms with Crippen molar-refractivity contribution in [3.8, 4) is 17.0 Å². The van der Waals surface area contributed by atoms with Crippen LogP contribution in [0, 0.1) is 0 Å². The van der Waals surface area contributed by atoms with Crippen LogP contribution in [0.4, 0.5) is 5.82 Å². The standard InChI is InChI=1S/C25H26N4O3/c1-32-23-10-6-5-9-20(23)22(30)12-14-25(31)29-17-15-28(16-18-29)24-13-11-21(26-27-24)19-7-3-2-4-8-19/h2-11,13H,12,14-18H2,1H3. The third kappa shape index (κ3) is 4.94. The van der Waals surface area contributed by atoms with Crippen LogP contribution in [0.1, 0.15) is 23.2 Å². The molecule has 2 heterocycles. The Bertz CT molecular complexity index is 1060. The minimum Gasteiger partial charge on any atom is -0.496 e. The number of hydrogen-bond acceptors (Lipinski definition) is 6. The molecule has 32 heavy (non-hydrogen) atoms. The number of carbonyl (C=O) groups excluding carboxylic acids is 2. The second kappa shape index (κ2) is 10.0. The van der Waals surface area contributed by atoms with Gasteiger partial charge in [-0.1, -0.05) is 42.5 Å². The highest BCUT2D eigenvalue weighted by atomic mass is 16.5. The van der Waals surface area contributed by atoms with Gasteiger partial charge in [-0.3, -0.25) is 9.59 Å². The Kier molecular flexibility index (Phi) is 6.75. The summed E-state index contributed by atoms with van der Waals surface area (Å²) in [6.45, 7) is 2.57. The number of benzene rings is 2. The van der Waals surface area contributed by atoms with Gasteiger partial charge < -0.3 is 14.5 Å². The Labute approximate surface area is 187 Å². The van der Waals surface area contributed by atoms with Crippen LogP contribution in [0.5, 0.6) is 5.75 Å². The summed E-state index contributed by atoms with van der Waals surface area (Å²) in [4.78, 5) is 29.1. The highest BCUT2D eigenvalue weighted by molar-refractivity contribution is 6.00. The third-order valence-corrected chi connectivity index (χ3v) is 5.65. The van der Waals surface area contributed by atoms with Crippen molar-refractivity contribution in [1.29, 1.82) is 0 Å². The quantitative estimate of drug-likeness (QED) is 0.535. The molecule has 3 aromatic rings. The fourth-order valence-electron chi connectivity index (χ4n) is 3.83. The van der Waals surface area contributed by atoms with Gasteiger partial charge in [-0.25, -0.2) is 0 Å². The number of ether oxygens (including phenoxy) is 1. The zero-order chi connectivity index (χ0) is 22.3. The topological polar surface area (TPSA) is 75.6 Å². The maximum Gasteiger partial charge on any atom is 0.223 e. The Hall–Kier alpha value is -3.74. The number of anilines is 1. The van der Waals surface area contributed by atoms with E-state index in [9.17, 15) is 9.59 Å². The van der Waals surface area contributed by atoms with E-state index in [-0.39, 0.29) is 24.5 Å². The zero-order valence-electron chi connectivity index (χ0n) is 18.1. The second-order valence-electron chi connectivity index (χ2n) is 7.63. The van der Waals surface area contributed by atoms with Crippen molar-refractivity contribution in [2.75, 3.05) is 38.2 Å². The van der Waals surface area contributed by atoms with Crippen LogP contribution in [0.25, 0.3) is 11.3 Å².